The Labute approximate surface area is 105 Å². The number of H-pyrrole nitrogens is 1. The van der Waals surface area contributed by atoms with Gasteiger partial charge in [-0.15, -0.1) is 0 Å². The molecule has 0 radical (unpaired) electrons. The summed E-state index contributed by atoms with van der Waals surface area (Å²) in [6.45, 7) is 0.382. The maximum absolute atomic E-state index is 12.0. The number of carbonyl (C=O) groups is 1. The number of nitrogens with one attached hydrogen (secondary N) is 2. The third kappa shape index (κ3) is 2.85. The summed E-state index contributed by atoms with van der Waals surface area (Å²) in [5.41, 5.74) is 0. The SMILES string of the molecule is CS(=O)(=O)N1CCCCC1C(=O)Nc1ncn[nH]1. The van der Waals surface area contributed by atoms with Gasteiger partial charge in [-0.25, -0.2) is 13.5 Å². The molecule has 0 bridgehead atoms. The zero-order valence-corrected chi connectivity index (χ0v) is 10.8. The van der Waals surface area contributed by atoms with Crippen molar-refractivity contribution in [2.75, 3.05) is 18.1 Å². The van der Waals surface area contributed by atoms with E-state index in [4.69, 9.17) is 0 Å². The van der Waals surface area contributed by atoms with Gasteiger partial charge >= 0.3 is 0 Å². The van der Waals surface area contributed by atoms with Crippen molar-refractivity contribution in [2.24, 2.45) is 0 Å². The Morgan fingerprint density at radius 2 is 2.33 bits per heavy atom. The van der Waals surface area contributed by atoms with Crippen molar-refractivity contribution < 1.29 is 13.2 Å². The molecular formula is C9H15N5O3S. The Balaban J connectivity index is 2.11. The van der Waals surface area contributed by atoms with E-state index < -0.39 is 16.1 Å². The van der Waals surface area contributed by atoms with E-state index in [1.54, 1.807) is 0 Å². The van der Waals surface area contributed by atoms with Crippen molar-refractivity contribution >= 4 is 21.9 Å². The molecule has 2 N–H and O–H groups in total. The summed E-state index contributed by atoms with van der Waals surface area (Å²) in [5, 5.41) is 8.62. The maximum Gasteiger partial charge on any atom is 0.245 e. The molecule has 1 aromatic heterocycles. The van der Waals surface area contributed by atoms with Gasteiger partial charge in [0.25, 0.3) is 0 Å². The number of sulfonamides is 1. The van der Waals surface area contributed by atoms with Crippen molar-refractivity contribution in [1.82, 2.24) is 19.5 Å². The first-order valence-corrected chi connectivity index (χ1v) is 7.46. The highest BCUT2D eigenvalue weighted by molar-refractivity contribution is 7.88. The second-order valence-corrected chi connectivity index (χ2v) is 6.14. The molecule has 9 heteroatoms. The molecule has 0 saturated carbocycles. The molecule has 2 rings (SSSR count). The Morgan fingerprint density at radius 1 is 1.56 bits per heavy atom. The second-order valence-electron chi connectivity index (χ2n) is 4.21. The molecule has 0 spiro atoms. The summed E-state index contributed by atoms with van der Waals surface area (Å²) in [6.07, 6.45) is 4.52. The molecule has 100 valence electrons. The number of nitrogens with zero attached hydrogens (tertiary/aromatic N) is 3. The van der Waals surface area contributed by atoms with Crippen LogP contribution in [-0.2, 0) is 14.8 Å². The Bertz CT molecular complexity index is 512. The zero-order valence-electron chi connectivity index (χ0n) is 9.96. The number of piperidine rings is 1. The van der Waals surface area contributed by atoms with Crippen LogP contribution in [0.2, 0.25) is 0 Å². The second kappa shape index (κ2) is 5.02. The van der Waals surface area contributed by atoms with E-state index in [9.17, 15) is 13.2 Å². The lowest BCUT2D eigenvalue weighted by atomic mass is 10.0. The number of amides is 1. The summed E-state index contributed by atoms with van der Waals surface area (Å²) >= 11 is 0. The number of aromatic amines is 1. The number of aromatic nitrogens is 3. The van der Waals surface area contributed by atoms with Gasteiger partial charge in [-0.1, -0.05) is 6.42 Å². The first-order chi connectivity index (χ1) is 8.48. The first-order valence-electron chi connectivity index (χ1n) is 5.61. The highest BCUT2D eigenvalue weighted by Crippen LogP contribution is 2.20. The summed E-state index contributed by atoms with van der Waals surface area (Å²) in [4.78, 5) is 15.8. The summed E-state index contributed by atoms with van der Waals surface area (Å²) in [5.74, 6) is -0.157. The standard InChI is InChI=1S/C9H15N5O3S/c1-18(16,17)14-5-3-2-4-7(14)8(15)12-9-10-6-11-13-9/h6-7H,2-5H2,1H3,(H2,10,11,12,13,15). The van der Waals surface area contributed by atoms with E-state index in [2.05, 4.69) is 20.5 Å². The minimum atomic E-state index is -3.37. The van der Waals surface area contributed by atoms with Crippen LogP contribution < -0.4 is 5.32 Å². The van der Waals surface area contributed by atoms with Crippen molar-refractivity contribution in [3.05, 3.63) is 6.33 Å². The van der Waals surface area contributed by atoms with Gasteiger partial charge in [0.1, 0.15) is 12.4 Å². The maximum atomic E-state index is 12.0. The first kappa shape index (κ1) is 13.0. The van der Waals surface area contributed by atoms with E-state index in [0.29, 0.717) is 13.0 Å². The molecule has 0 aromatic carbocycles. The normalized spacial score (nSPS) is 21.7. The molecule has 2 heterocycles. The molecule has 1 aliphatic rings. The molecule has 1 aliphatic heterocycles. The molecule has 1 aromatic rings. The summed E-state index contributed by atoms with van der Waals surface area (Å²) < 4.78 is 24.5. The van der Waals surface area contributed by atoms with Crippen molar-refractivity contribution in [3.63, 3.8) is 0 Å². The van der Waals surface area contributed by atoms with Crippen molar-refractivity contribution in [1.29, 1.82) is 0 Å². The van der Waals surface area contributed by atoms with Gasteiger partial charge in [-0.05, 0) is 12.8 Å². The number of carbonyl (C=O) groups excluding carboxylic acids is 1. The Morgan fingerprint density at radius 3 is 2.94 bits per heavy atom. The van der Waals surface area contributed by atoms with Gasteiger partial charge in [0.2, 0.25) is 21.9 Å². The molecule has 1 atom stereocenters. The van der Waals surface area contributed by atoms with Crippen LogP contribution in [0.25, 0.3) is 0 Å². The van der Waals surface area contributed by atoms with Crippen LogP contribution >= 0.6 is 0 Å². The van der Waals surface area contributed by atoms with Gasteiger partial charge in [-0.2, -0.15) is 14.4 Å². The van der Waals surface area contributed by atoms with Gasteiger partial charge in [-0.3, -0.25) is 10.1 Å². The van der Waals surface area contributed by atoms with Crippen LogP contribution in [0.1, 0.15) is 19.3 Å². The summed E-state index contributed by atoms with van der Waals surface area (Å²) in [6, 6.07) is -0.668. The highest BCUT2D eigenvalue weighted by Gasteiger charge is 2.34. The van der Waals surface area contributed by atoms with Crippen LogP contribution in [-0.4, -0.2) is 52.7 Å². The number of anilines is 1. The van der Waals surface area contributed by atoms with Gasteiger partial charge in [0.05, 0.1) is 6.26 Å². The van der Waals surface area contributed by atoms with E-state index in [-0.39, 0.29) is 11.9 Å². The smallest absolute Gasteiger partial charge is 0.245 e. The lowest BCUT2D eigenvalue weighted by Gasteiger charge is -2.32. The lowest BCUT2D eigenvalue weighted by Crippen LogP contribution is -2.49. The monoisotopic (exact) mass is 273 g/mol. The van der Waals surface area contributed by atoms with Crippen LogP contribution in [0, 0.1) is 0 Å². The van der Waals surface area contributed by atoms with Crippen LogP contribution in [0.4, 0.5) is 5.95 Å². The number of hydrogen-bond acceptors (Lipinski definition) is 5. The quantitative estimate of drug-likeness (QED) is 0.776. The number of rotatable bonds is 3. The van der Waals surface area contributed by atoms with Crippen molar-refractivity contribution in [2.45, 2.75) is 25.3 Å². The average Bonchev–Trinajstić information content (AvgIpc) is 2.80. The average molecular weight is 273 g/mol. The lowest BCUT2D eigenvalue weighted by molar-refractivity contribution is -0.120. The predicted molar refractivity (Wildman–Crippen MR) is 64.2 cm³/mol. The molecule has 0 aliphatic carbocycles. The van der Waals surface area contributed by atoms with Crippen LogP contribution in [0.3, 0.4) is 0 Å². The van der Waals surface area contributed by atoms with E-state index in [0.717, 1.165) is 19.1 Å². The number of hydrogen-bond donors (Lipinski definition) is 2. The van der Waals surface area contributed by atoms with Gasteiger partial charge < -0.3 is 0 Å². The Hall–Kier alpha value is -1.48. The fourth-order valence-corrected chi connectivity index (χ4v) is 3.15. The molecule has 1 amide bonds. The van der Waals surface area contributed by atoms with Gasteiger partial charge in [0, 0.05) is 6.54 Å². The molecule has 18 heavy (non-hydrogen) atoms. The molecule has 1 unspecified atom stereocenters. The third-order valence-electron chi connectivity index (χ3n) is 2.84. The van der Waals surface area contributed by atoms with Crippen LogP contribution in [0.5, 0.6) is 0 Å². The fourth-order valence-electron chi connectivity index (χ4n) is 2.03. The van der Waals surface area contributed by atoms with E-state index in [1.807, 2.05) is 0 Å². The molecule has 1 saturated heterocycles. The molecule has 1 fully saturated rings. The van der Waals surface area contributed by atoms with Gasteiger partial charge in [0.15, 0.2) is 0 Å². The Kier molecular flexibility index (Phi) is 3.62. The van der Waals surface area contributed by atoms with Crippen molar-refractivity contribution in [3.8, 4) is 0 Å². The van der Waals surface area contributed by atoms with E-state index >= 15 is 0 Å². The predicted octanol–water partition coefficient (Wildman–Crippen LogP) is -0.443. The summed E-state index contributed by atoms with van der Waals surface area (Å²) in [7, 11) is -3.37. The third-order valence-corrected chi connectivity index (χ3v) is 4.13. The topological polar surface area (TPSA) is 108 Å². The van der Waals surface area contributed by atoms with E-state index in [1.165, 1.54) is 10.6 Å². The van der Waals surface area contributed by atoms with Crippen LogP contribution in [0.15, 0.2) is 6.33 Å². The fraction of sp³-hybridized carbons (Fsp3) is 0.667. The zero-order chi connectivity index (χ0) is 13.2. The minimum Gasteiger partial charge on any atom is -0.294 e. The largest absolute Gasteiger partial charge is 0.294 e. The highest BCUT2D eigenvalue weighted by atomic mass is 32.2. The molecule has 8 nitrogen and oxygen atoms in total. The minimum absolute atomic E-state index is 0.221. The molecular weight excluding hydrogens is 258 g/mol.